The second-order valence-corrected chi connectivity index (χ2v) is 6.43. The van der Waals surface area contributed by atoms with Crippen LogP contribution < -0.4 is 10.6 Å². The molecule has 0 unspecified atom stereocenters. The number of anilines is 1. The van der Waals surface area contributed by atoms with Crippen molar-refractivity contribution in [3.63, 3.8) is 0 Å². The maximum atomic E-state index is 11.7. The fourth-order valence-electron chi connectivity index (χ4n) is 1.58. The van der Waals surface area contributed by atoms with Crippen LogP contribution in [0.15, 0.2) is 23.1 Å². The molecule has 1 aromatic rings. The summed E-state index contributed by atoms with van der Waals surface area (Å²) >= 11 is 0. The standard InChI is InChI=1S/C13H18N2O5S/c1-14-5-4-12(16)15-10-6-9(13(17)20-2)7-11(8-10)21(3,18)19/h6-8,14H,4-5H2,1-3H3,(H,15,16). The largest absolute Gasteiger partial charge is 0.465 e. The zero-order valence-corrected chi connectivity index (χ0v) is 12.9. The van der Waals surface area contributed by atoms with Gasteiger partial charge in [-0.25, -0.2) is 13.2 Å². The Morgan fingerprint density at radius 2 is 1.90 bits per heavy atom. The van der Waals surface area contributed by atoms with E-state index < -0.39 is 15.8 Å². The predicted octanol–water partition coefficient (Wildman–Crippen LogP) is 0.425. The van der Waals surface area contributed by atoms with Crippen LogP contribution in [0.2, 0.25) is 0 Å². The van der Waals surface area contributed by atoms with Crippen molar-refractivity contribution in [3.05, 3.63) is 23.8 Å². The molecule has 0 fully saturated rings. The highest BCUT2D eigenvalue weighted by Crippen LogP contribution is 2.20. The number of hydrogen-bond acceptors (Lipinski definition) is 6. The number of nitrogens with one attached hydrogen (secondary N) is 2. The minimum atomic E-state index is -3.51. The molecule has 8 heteroatoms. The van der Waals surface area contributed by atoms with Crippen molar-refractivity contribution >= 4 is 27.4 Å². The number of benzene rings is 1. The summed E-state index contributed by atoms with van der Waals surface area (Å²) in [6.07, 6.45) is 1.25. The molecule has 0 saturated heterocycles. The third kappa shape index (κ3) is 5.16. The fourth-order valence-corrected chi connectivity index (χ4v) is 2.27. The van der Waals surface area contributed by atoms with Gasteiger partial charge in [-0.1, -0.05) is 0 Å². The first-order valence-electron chi connectivity index (χ1n) is 6.16. The van der Waals surface area contributed by atoms with E-state index in [0.29, 0.717) is 6.54 Å². The predicted molar refractivity (Wildman–Crippen MR) is 78.1 cm³/mol. The van der Waals surface area contributed by atoms with Gasteiger partial charge in [-0.3, -0.25) is 4.79 Å². The first kappa shape index (κ1) is 17.1. The maximum Gasteiger partial charge on any atom is 0.337 e. The normalized spacial score (nSPS) is 11.0. The lowest BCUT2D eigenvalue weighted by atomic mass is 10.2. The molecule has 0 atom stereocenters. The molecule has 0 radical (unpaired) electrons. The first-order valence-corrected chi connectivity index (χ1v) is 8.05. The lowest BCUT2D eigenvalue weighted by Crippen LogP contribution is -2.19. The van der Waals surface area contributed by atoms with Crippen molar-refractivity contribution in [2.45, 2.75) is 11.3 Å². The van der Waals surface area contributed by atoms with E-state index in [1.54, 1.807) is 7.05 Å². The maximum absolute atomic E-state index is 11.7. The number of ether oxygens (including phenoxy) is 1. The second-order valence-electron chi connectivity index (χ2n) is 4.41. The summed E-state index contributed by atoms with van der Waals surface area (Å²) in [4.78, 5) is 23.2. The van der Waals surface area contributed by atoms with Gasteiger partial charge >= 0.3 is 5.97 Å². The van der Waals surface area contributed by atoms with E-state index in [4.69, 9.17) is 0 Å². The van der Waals surface area contributed by atoms with Crippen molar-refractivity contribution in [3.8, 4) is 0 Å². The van der Waals surface area contributed by atoms with Crippen molar-refractivity contribution in [1.29, 1.82) is 0 Å². The van der Waals surface area contributed by atoms with Crippen LogP contribution in [-0.2, 0) is 19.4 Å². The van der Waals surface area contributed by atoms with Crippen LogP contribution in [0.4, 0.5) is 5.69 Å². The molecule has 0 aliphatic rings. The second kappa shape index (κ2) is 7.19. The summed E-state index contributed by atoms with van der Waals surface area (Å²) in [6, 6.07) is 3.89. The Balaban J connectivity index is 3.14. The first-order chi connectivity index (χ1) is 9.77. The topological polar surface area (TPSA) is 102 Å². The van der Waals surface area contributed by atoms with Crippen molar-refractivity contribution in [1.82, 2.24) is 5.32 Å². The minimum absolute atomic E-state index is 0.0596. The lowest BCUT2D eigenvalue weighted by molar-refractivity contribution is -0.116. The van der Waals surface area contributed by atoms with Gasteiger partial charge in [0.2, 0.25) is 5.91 Å². The molecule has 0 spiro atoms. The van der Waals surface area contributed by atoms with Gasteiger partial charge in [0.15, 0.2) is 9.84 Å². The third-order valence-electron chi connectivity index (χ3n) is 2.64. The summed E-state index contributed by atoms with van der Waals surface area (Å²) in [5, 5.41) is 5.39. The molecule has 2 N–H and O–H groups in total. The van der Waals surface area contributed by atoms with E-state index in [1.165, 1.54) is 25.3 Å². The molecule has 116 valence electrons. The summed E-state index contributed by atoms with van der Waals surface area (Å²) < 4.78 is 27.8. The van der Waals surface area contributed by atoms with Gasteiger partial charge in [0.1, 0.15) is 0 Å². The lowest BCUT2D eigenvalue weighted by Gasteiger charge is -2.09. The van der Waals surface area contributed by atoms with E-state index in [2.05, 4.69) is 15.4 Å². The van der Waals surface area contributed by atoms with Crippen LogP contribution in [0.1, 0.15) is 16.8 Å². The van der Waals surface area contributed by atoms with Gasteiger partial charge in [0.05, 0.1) is 17.6 Å². The van der Waals surface area contributed by atoms with E-state index in [-0.39, 0.29) is 28.5 Å². The van der Waals surface area contributed by atoms with Gasteiger partial charge in [0.25, 0.3) is 0 Å². The molecule has 0 saturated carbocycles. The molecule has 0 aliphatic carbocycles. The Kier molecular flexibility index (Phi) is 5.86. The van der Waals surface area contributed by atoms with E-state index in [1.807, 2.05) is 0 Å². The van der Waals surface area contributed by atoms with Crippen LogP contribution in [-0.4, -0.2) is 47.3 Å². The molecule has 0 heterocycles. The Hall–Kier alpha value is -1.93. The van der Waals surface area contributed by atoms with Gasteiger partial charge in [-0.15, -0.1) is 0 Å². The fraction of sp³-hybridized carbons (Fsp3) is 0.385. The molecule has 1 aromatic carbocycles. The van der Waals surface area contributed by atoms with Crippen LogP contribution in [0, 0.1) is 0 Å². The Bertz CT molecular complexity index is 640. The monoisotopic (exact) mass is 314 g/mol. The molecule has 0 aliphatic heterocycles. The highest BCUT2D eigenvalue weighted by molar-refractivity contribution is 7.90. The quantitative estimate of drug-likeness (QED) is 0.738. The Morgan fingerprint density at radius 3 is 2.43 bits per heavy atom. The number of amides is 1. The number of rotatable bonds is 6. The number of hydrogen-bond donors (Lipinski definition) is 2. The average Bonchev–Trinajstić information content (AvgIpc) is 2.42. The molecular formula is C13H18N2O5S. The summed E-state index contributed by atoms with van der Waals surface area (Å²) in [6.45, 7) is 0.488. The molecule has 1 rings (SSSR count). The van der Waals surface area contributed by atoms with E-state index >= 15 is 0 Å². The van der Waals surface area contributed by atoms with Gasteiger partial charge < -0.3 is 15.4 Å². The number of methoxy groups -OCH3 is 1. The van der Waals surface area contributed by atoms with Crippen LogP contribution in [0.25, 0.3) is 0 Å². The number of carbonyl (C=O) groups excluding carboxylic acids is 2. The van der Waals surface area contributed by atoms with Crippen LogP contribution in [0.5, 0.6) is 0 Å². The zero-order chi connectivity index (χ0) is 16.0. The van der Waals surface area contributed by atoms with Gasteiger partial charge in [-0.2, -0.15) is 0 Å². The van der Waals surface area contributed by atoms with Gasteiger partial charge in [0, 0.05) is 24.9 Å². The van der Waals surface area contributed by atoms with E-state index in [0.717, 1.165) is 6.26 Å². The number of carbonyl (C=O) groups is 2. The minimum Gasteiger partial charge on any atom is -0.465 e. The molecular weight excluding hydrogens is 296 g/mol. The highest BCUT2D eigenvalue weighted by atomic mass is 32.2. The van der Waals surface area contributed by atoms with E-state index in [9.17, 15) is 18.0 Å². The summed E-state index contributed by atoms with van der Waals surface area (Å²) in [5.41, 5.74) is 0.295. The number of esters is 1. The Labute approximate surface area is 123 Å². The highest BCUT2D eigenvalue weighted by Gasteiger charge is 2.15. The zero-order valence-electron chi connectivity index (χ0n) is 12.1. The number of sulfone groups is 1. The average molecular weight is 314 g/mol. The smallest absolute Gasteiger partial charge is 0.337 e. The van der Waals surface area contributed by atoms with Gasteiger partial charge in [-0.05, 0) is 25.2 Å². The molecule has 0 bridgehead atoms. The molecule has 21 heavy (non-hydrogen) atoms. The van der Waals surface area contributed by atoms with Crippen molar-refractivity contribution < 1.29 is 22.7 Å². The summed E-state index contributed by atoms with van der Waals surface area (Å²) in [5.74, 6) is -0.961. The third-order valence-corrected chi connectivity index (χ3v) is 3.73. The van der Waals surface area contributed by atoms with Crippen molar-refractivity contribution in [2.75, 3.05) is 32.3 Å². The Morgan fingerprint density at radius 1 is 1.24 bits per heavy atom. The van der Waals surface area contributed by atoms with Crippen LogP contribution in [0.3, 0.4) is 0 Å². The SMILES string of the molecule is CNCCC(=O)Nc1cc(C(=O)OC)cc(S(C)(=O)=O)c1. The van der Waals surface area contributed by atoms with Crippen molar-refractivity contribution in [2.24, 2.45) is 0 Å². The molecule has 0 aromatic heterocycles. The van der Waals surface area contributed by atoms with Crippen LogP contribution >= 0.6 is 0 Å². The molecule has 1 amide bonds. The summed E-state index contributed by atoms with van der Waals surface area (Å²) in [7, 11) is -0.603. The molecule has 7 nitrogen and oxygen atoms in total.